The summed E-state index contributed by atoms with van der Waals surface area (Å²) in [5.41, 5.74) is 0. The van der Waals surface area contributed by atoms with Gasteiger partial charge in [-0.3, -0.25) is 4.55 Å². The first-order chi connectivity index (χ1) is 4.36. The van der Waals surface area contributed by atoms with Crippen LogP contribution in [0.15, 0.2) is 0 Å². The average Bonchev–Trinajstić information content (AvgIpc) is 1.60. The Bertz CT molecular complexity index is 162. The van der Waals surface area contributed by atoms with E-state index in [1.807, 2.05) is 0 Å². The fraction of sp³-hybridized carbons (Fsp3) is 0.667. The van der Waals surface area contributed by atoms with Crippen LogP contribution in [0.4, 0.5) is 0 Å². The maximum atomic E-state index is 9.94. The van der Waals surface area contributed by atoms with Gasteiger partial charge in [-0.1, -0.05) is 0 Å². The Morgan fingerprint density at radius 2 is 2.10 bits per heavy atom. The summed E-state index contributed by atoms with van der Waals surface area (Å²) in [5.74, 6) is -4.34. The topological polar surface area (TPSA) is 104 Å². The number of aliphatic carboxylic acids is 1. The summed E-state index contributed by atoms with van der Waals surface area (Å²) >= 11 is -2.79. The Hall–Kier alpha value is -0.500. The van der Waals surface area contributed by atoms with Gasteiger partial charge in [-0.15, -0.1) is 0 Å². The standard InChI is InChI=1S/C3H6O6S/c1-3(6,2(4)5)9-10(7)8/h6H,1H3,(H,4,5)(H,7,8). The molecule has 0 bridgehead atoms. The van der Waals surface area contributed by atoms with E-state index in [0.29, 0.717) is 0 Å². The molecule has 0 spiro atoms. The molecule has 6 nitrogen and oxygen atoms in total. The molecule has 10 heavy (non-hydrogen) atoms. The molecule has 0 aliphatic rings. The van der Waals surface area contributed by atoms with Crippen LogP contribution in [0.2, 0.25) is 0 Å². The fourth-order valence-electron chi connectivity index (χ4n) is 0.174. The second kappa shape index (κ2) is 3.06. The highest BCUT2D eigenvalue weighted by molar-refractivity contribution is 7.74. The monoisotopic (exact) mass is 170 g/mol. The highest BCUT2D eigenvalue weighted by Gasteiger charge is 2.33. The van der Waals surface area contributed by atoms with Gasteiger partial charge in [0.15, 0.2) is 0 Å². The molecule has 0 saturated carbocycles. The van der Waals surface area contributed by atoms with Crippen LogP contribution < -0.4 is 0 Å². The molecule has 3 N–H and O–H groups in total. The second-order valence-electron chi connectivity index (χ2n) is 1.59. The molecule has 0 aromatic rings. The minimum atomic E-state index is -2.79. The quantitative estimate of drug-likeness (QED) is 0.368. The van der Waals surface area contributed by atoms with Crippen LogP contribution in [0.1, 0.15) is 6.92 Å². The van der Waals surface area contributed by atoms with Gasteiger partial charge in [0, 0.05) is 6.92 Å². The number of carboxylic acids is 1. The Balaban J connectivity index is 4.13. The van der Waals surface area contributed by atoms with E-state index in [9.17, 15) is 9.00 Å². The van der Waals surface area contributed by atoms with Crippen molar-refractivity contribution in [1.29, 1.82) is 0 Å². The van der Waals surface area contributed by atoms with Gasteiger partial charge in [0.05, 0.1) is 0 Å². The Labute approximate surface area is 58.9 Å². The first-order valence-electron chi connectivity index (χ1n) is 2.12. The van der Waals surface area contributed by atoms with Crippen LogP contribution in [0, 0.1) is 0 Å². The van der Waals surface area contributed by atoms with Gasteiger partial charge in [0.2, 0.25) is 0 Å². The van der Waals surface area contributed by atoms with Gasteiger partial charge < -0.3 is 10.2 Å². The van der Waals surface area contributed by atoms with E-state index in [1.54, 1.807) is 0 Å². The molecule has 60 valence electrons. The van der Waals surface area contributed by atoms with Gasteiger partial charge >= 0.3 is 17.3 Å². The SMILES string of the molecule is CC(O)(OS(=O)O)C(=O)O. The average molecular weight is 170 g/mol. The van der Waals surface area contributed by atoms with Gasteiger partial charge in [0.25, 0.3) is 5.79 Å². The lowest BCUT2D eigenvalue weighted by Gasteiger charge is -2.13. The van der Waals surface area contributed by atoms with Crippen LogP contribution >= 0.6 is 0 Å². The Morgan fingerprint density at radius 3 is 2.20 bits per heavy atom. The van der Waals surface area contributed by atoms with Crippen molar-refractivity contribution in [3.05, 3.63) is 0 Å². The first kappa shape index (κ1) is 9.50. The van der Waals surface area contributed by atoms with E-state index in [-0.39, 0.29) is 0 Å². The van der Waals surface area contributed by atoms with Gasteiger partial charge in [-0.05, 0) is 0 Å². The summed E-state index contributed by atoms with van der Waals surface area (Å²) < 4.78 is 21.4. The molecule has 0 rings (SSSR count). The molecule has 0 fully saturated rings. The van der Waals surface area contributed by atoms with Gasteiger partial charge in [0.1, 0.15) is 0 Å². The smallest absolute Gasteiger partial charge is 0.365 e. The van der Waals surface area contributed by atoms with Crippen molar-refractivity contribution in [3.8, 4) is 0 Å². The molecule has 0 aliphatic carbocycles. The van der Waals surface area contributed by atoms with Crippen LogP contribution in [0.3, 0.4) is 0 Å². The molecular formula is C3H6O6S. The van der Waals surface area contributed by atoms with Crippen molar-refractivity contribution >= 4 is 17.3 Å². The van der Waals surface area contributed by atoms with Crippen molar-refractivity contribution in [1.82, 2.24) is 0 Å². The normalized spacial score (nSPS) is 19.5. The summed E-state index contributed by atoms with van der Waals surface area (Å²) in [7, 11) is 0. The summed E-state index contributed by atoms with van der Waals surface area (Å²) in [6.07, 6.45) is 0. The maximum absolute atomic E-state index is 9.94. The predicted octanol–water partition coefficient (Wildman–Crippen LogP) is -1.07. The lowest BCUT2D eigenvalue weighted by molar-refractivity contribution is -0.187. The Morgan fingerprint density at radius 1 is 1.70 bits per heavy atom. The third kappa shape index (κ3) is 2.87. The van der Waals surface area contributed by atoms with Crippen molar-refractivity contribution in [2.24, 2.45) is 0 Å². The molecule has 0 saturated heterocycles. The number of carbonyl (C=O) groups is 1. The van der Waals surface area contributed by atoms with Crippen LogP contribution in [0.25, 0.3) is 0 Å². The van der Waals surface area contributed by atoms with E-state index in [1.165, 1.54) is 0 Å². The van der Waals surface area contributed by atoms with Crippen molar-refractivity contribution in [2.75, 3.05) is 0 Å². The molecular weight excluding hydrogens is 164 g/mol. The second-order valence-corrected chi connectivity index (χ2v) is 2.19. The summed E-state index contributed by atoms with van der Waals surface area (Å²) in [6.45, 7) is 0.740. The number of rotatable bonds is 3. The third-order valence-corrected chi connectivity index (χ3v) is 1.10. The van der Waals surface area contributed by atoms with Crippen molar-refractivity contribution < 1.29 is 28.0 Å². The maximum Gasteiger partial charge on any atom is 0.365 e. The highest BCUT2D eigenvalue weighted by atomic mass is 32.2. The first-order valence-corrected chi connectivity index (χ1v) is 3.15. The fourth-order valence-corrected chi connectivity index (χ4v) is 0.523. The van der Waals surface area contributed by atoms with E-state index in [4.69, 9.17) is 14.8 Å². The number of hydrogen-bond donors (Lipinski definition) is 3. The molecule has 0 aromatic heterocycles. The minimum absolute atomic E-state index is 0.740. The van der Waals surface area contributed by atoms with Gasteiger partial charge in [-0.2, -0.15) is 4.21 Å². The molecule has 2 unspecified atom stereocenters. The zero-order valence-electron chi connectivity index (χ0n) is 4.97. The van der Waals surface area contributed by atoms with Crippen molar-refractivity contribution in [2.45, 2.75) is 12.7 Å². The van der Waals surface area contributed by atoms with Crippen molar-refractivity contribution in [3.63, 3.8) is 0 Å². The highest BCUT2D eigenvalue weighted by Crippen LogP contribution is 2.06. The molecule has 0 amide bonds. The van der Waals surface area contributed by atoms with E-state index in [2.05, 4.69) is 4.18 Å². The summed E-state index contributed by atoms with van der Waals surface area (Å²) in [6, 6.07) is 0. The zero-order valence-corrected chi connectivity index (χ0v) is 5.79. The van der Waals surface area contributed by atoms with E-state index in [0.717, 1.165) is 6.92 Å². The number of hydrogen-bond acceptors (Lipinski definition) is 4. The summed E-state index contributed by atoms with van der Waals surface area (Å²) in [4.78, 5) is 9.94. The van der Waals surface area contributed by atoms with E-state index >= 15 is 0 Å². The van der Waals surface area contributed by atoms with Crippen LogP contribution in [-0.4, -0.2) is 30.7 Å². The zero-order chi connectivity index (χ0) is 8.36. The number of carboxylic acid groups (broad SMARTS) is 1. The lowest BCUT2D eigenvalue weighted by Crippen LogP contribution is -2.38. The third-order valence-electron chi connectivity index (χ3n) is 0.630. The van der Waals surface area contributed by atoms with Crippen LogP contribution in [0.5, 0.6) is 0 Å². The Kier molecular flexibility index (Phi) is 2.91. The van der Waals surface area contributed by atoms with Gasteiger partial charge in [-0.25, -0.2) is 8.98 Å². The largest absolute Gasteiger partial charge is 0.477 e. The molecule has 2 atom stereocenters. The molecule has 0 heterocycles. The van der Waals surface area contributed by atoms with E-state index < -0.39 is 23.1 Å². The predicted molar refractivity (Wildman–Crippen MR) is 30.1 cm³/mol. The molecule has 0 aromatic carbocycles. The molecule has 0 aliphatic heterocycles. The number of aliphatic hydroxyl groups is 1. The molecule has 0 radical (unpaired) electrons. The minimum Gasteiger partial charge on any atom is -0.477 e. The lowest BCUT2D eigenvalue weighted by atomic mass is 10.3. The molecule has 7 heteroatoms. The summed E-state index contributed by atoms with van der Waals surface area (Å²) in [5, 5.41) is 16.7. The van der Waals surface area contributed by atoms with Crippen LogP contribution in [-0.2, 0) is 20.3 Å².